The third-order valence-electron chi connectivity index (χ3n) is 10.3. The van der Waals surface area contributed by atoms with Crippen molar-refractivity contribution in [2.24, 2.45) is 5.92 Å². The number of nitriles is 2. The van der Waals surface area contributed by atoms with Crippen molar-refractivity contribution in [2.75, 3.05) is 43.9 Å². The predicted octanol–water partition coefficient (Wildman–Crippen LogP) is 6.74. The van der Waals surface area contributed by atoms with Crippen LogP contribution in [0.5, 0.6) is 11.8 Å². The number of nitrogens with zero attached hydrogens (tertiary/aromatic N) is 6. The number of ether oxygens (including phenoxy) is 2. The molecule has 4 aromatic rings. The molecular formula is C33H29ClF3N7O2S. The third kappa shape index (κ3) is 4.50. The summed E-state index contributed by atoms with van der Waals surface area (Å²) in [5.74, 6) is -0.786. The lowest BCUT2D eigenvalue weighted by Crippen LogP contribution is -2.55. The van der Waals surface area contributed by atoms with Crippen LogP contribution >= 0.6 is 22.9 Å². The van der Waals surface area contributed by atoms with E-state index in [1.165, 1.54) is 12.1 Å². The summed E-state index contributed by atoms with van der Waals surface area (Å²) in [4.78, 5) is 13.3. The van der Waals surface area contributed by atoms with E-state index < -0.39 is 28.9 Å². The molecule has 0 unspecified atom stereocenters. The zero-order valence-corrected chi connectivity index (χ0v) is 27.0. The van der Waals surface area contributed by atoms with Crippen molar-refractivity contribution in [1.82, 2.24) is 14.9 Å². The van der Waals surface area contributed by atoms with Gasteiger partial charge in [0.05, 0.1) is 38.8 Å². The number of nitrogen functional groups attached to an aromatic ring is 1. The van der Waals surface area contributed by atoms with E-state index in [4.69, 9.17) is 31.8 Å². The third-order valence-corrected chi connectivity index (χ3v) is 11.7. The summed E-state index contributed by atoms with van der Waals surface area (Å²) in [5, 5.41) is 19.7. The van der Waals surface area contributed by atoms with Crippen LogP contribution in [0, 0.1) is 40.2 Å². The fourth-order valence-electron chi connectivity index (χ4n) is 8.30. The second-order valence-corrected chi connectivity index (χ2v) is 14.7. The number of hydrogen-bond donors (Lipinski definition) is 1. The smallest absolute Gasteiger partial charge is 0.319 e. The van der Waals surface area contributed by atoms with Crippen LogP contribution in [0.1, 0.15) is 44.1 Å². The molecule has 4 aliphatic rings. The first-order valence-electron chi connectivity index (χ1n) is 15.5. The molecule has 2 aromatic carbocycles. The second-order valence-electron chi connectivity index (χ2n) is 13.3. The highest BCUT2D eigenvalue weighted by molar-refractivity contribution is 7.23. The number of benzene rings is 2. The van der Waals surface area contributed by atoms with Gasteiger partial charge in [0.1, 0.15) is 46.6 Å². The Morgan fingerprint density at radius 3 is 2.79 bits per heavy atom. The van der Waals surface area contributed by atoms with Crippen molar-refractivity contribution < 1.29 is 22.6 Å². The summed E-state index contributed by atoms with van der Waals surface area (Å²) in [6, 6.07) is 6.74. The highest BCUT2D eigenvalue weighted by atomic mass is 35.5. The molecule has 8 rings (SSSR count). The Bertz CT molecular complexity index is 2070. The minimum atomic E-state index is -0.949. The number of anilines is 2. The molecule has 0 radical (unpaired) electrons. The van der Waals surface area contributed by atoms with Gasteiger partial charge in [-0.05, 0) is 49.8 Å². The Balaban J connectivity index is 1.33. The van der Waals surface area contributed by atoms with Gasteiger partial charge in [0.15, 0.2) is 11.6 Å². The van der Waals surface area contributed by atoms with Crippen molar-refractivity contribution in [3.05, 3.63) is 34.4 Å². The molecule has 1 saturated carbocycles. The summed E-state index contributed by atoms with van der Waals surface area (Å²) in [7, 11) is 1.82. The average molecular weight is 680 g/mol. The molecule has 2 N–H and O–H groups in total. The molecule has 0 amide bonds. The minimum Gasteiger partial charge on any atom is -0.483 e. The highest BCUT2D eigenvalue weighted by Gasteiger charge is 2.51. The fourth-order valence-corrected chi connectivity index (χ4v) is 9.57. The van der Waals surface area contributed by atoms with Crippen LogP contribution in [0.15, 0.2) is 12.1 Å². The number of hydrogen-bond acceptors (Lipinski definition) is 10. The molecule has 2 saturated heterocycles. The first-order valence-corrected chi connectivity index (χ1v) is 16.7. The Morgan fingerprint density at radius 1 is 1.21 bits per heavy atom. The van der Waals surface area contributed by atoms with Gasteiger partial charge >= 0.3 is 6.01 Å². The van der Waals surface area contributed by atoms with Gasteiger partial charge in [-0.15, -0.1) is 11.3 Å². The number of rotatable bonds is 5. The predicted molar refractivity (Wildman–Crippen MR) is 173 cm³/mol. The summed E-state index contributed by atoms with van der Waals surface area (Å²) in [5.41, 5.74) is 4.83. The van der Waals surface area contributed by atoms with Crippen molar-refractivity contribution in [2.45, 2.75) is 55.8 Å². The van der Waals surface area contributed by atoms with Crippen LogP contribution in [-0.4, -0.2) is 65.5 Å². The van der Waals surface area contributed by atoms with Gasteiger partial charge in [0.2, 0.25) is 0 Å². The van der Waals surface area contributed by atoms with Gasteiger partial charge in [0, 0.05) is 37.4 Å². The molecule has 14 heteroatoms. The molecule has 3 aliphatic heterocycles. The molecule has 2 aromatic heterocycles. The lowest BCUT2D eigenvalue weighted by Gasteiger charge is -2.47. The van der Waals surface area contributed by atoms with Crippen LogP contribution < -0.4 is 20.1 Å². The number of thiophene rings is 1. The normalized spacial score (nSPS) is 26.6. The van der Waals surface area contributed by atoms with Crippen molar-refractivity contribution >= 4 is 54.7 Å². The average Bonchev–Trinajstić information content (AvgIpc) is 3.64. The summed E-state index contributed by atoms with van der Waals surface area (Å²) in [6.45, 7) is 1.66. The van der Waals surface area contributed by atoms with Crippen molar-refractivity contribution in [1.29, 1.82) is 10.5 Å². The highest BCUT2D eigenvalue weighted by Crippen LogP contribution is 2.55. The molecule has 47 heavy (non-hydrogen) atoms. The SMILES string of the molecule is CN1CC2(CC(CC#N)C2)Oc2c(Cl)c(-c3ccc(F)c4sc(N)c(C#N)c34)c(F)c3nc(OC[C@@]45CCCN4C[C@H](F)C5)nc1c23. The van der Waals surface area contributed by atoms with E-state index in [1.807, 2.05) is 18.0 Å². The zero-order chi connectivity index (χ0) is 32.8. The maximum absolute atomic E-state index is 17.1. The number of aromatic nitrogens is 2. The van der Waals surface area contributed by atoms with Crippen LogP contribution in [0.2, 0.25) is 5.02 Å². The number of halogens is 4. The van der Waals surface area contributed by atoms with E-state index in [0.29, 0.717) is 44.6 Å². The van der Waals surface area contributed by atoms with Crippen LogP contribution in [0.3, 0.4) is 0 Å². The van der Waals surface area contributed by atoms with E-state index in [0.717, 1.165) is 30.7 Å². The first kappa shape index (κ1) is 30.3. The maximum Gasteiger partial charge on any atom is 0.319 e. The summed E-state index contributed by atoms with van der Waals surface area (Å²) >= 11 is 8.00. The van der Waals surface area contributed by atoms with E-state index in [9.17, 15) is 14.9 Å². The fraction of sp³-hybridized carbons (Fsp3) is 0.455. The van der Waals surface area contributed by atoms with Crippen LogP contribution in [0.4, 0.5) is 24.0 Å². The second kappa shape index (κ2) is 10.7. The van der Waals surface area contributed by atoms with Gasteiger partial charge in [0.25, 0.3) is 0 Å². The monoisotopic (exact) mass is 679 g/mol. The van der Waals surface area contributed by atoms with Crippen LogP contribution in [0.25, 0.3) is 32.1 Å². The van der Waals surface area contributed by atoms with E-state index in [1.54, 1.807) is 0 Å². The molecule has 242 valence electrons. The molecule has 9 nitrogen and oxygen atoms in total. The topological polar surface area (TPSA) is 124 Å². The number of likely N-dealkylation sites (N-methyl/N-ethyl adjacent to an activating group) is 1. The quantitative estimate of drug-likeness (QED) is 0.244. The Kier molecular flexibility index (Phi) is 6.92. The summed E-state index contributed by atoms with van der Waals surface area (Å²) in [6.07, 6.45) is 2.62. The molecule has 3 fully saturated rings. The van der Waals surface area contributed by atoms with Gasteiger partial charge in [-0.3, -0.25) is 4.90 Å². The largest absolute Gasteiger partial charge is 0.483 e. The minimum absolute atomic E-state index is 0.0203. The standard InChI is InChI=1S/C33H29ClF3N7O2S/c1-43-14-33(9-16(10-33)5-7-38)46-27-23-26(41-31(42-30(23)43)45-15-32-6-2-8-44(32)13-17(35)11-32)25(37)22(24(27)34)18-3-4-20(36)28-21(18)19(12-39)29(40)47-28/h3-4,16-17H,2,5-6,8-11,13-15,40H2,1H3/t16?,17-,32+,33?/m1/s1. The van der Waals surface area contributed by atoms with Gasteiger partial charge in [-0.1, -0.05) is 17.7 Å². The van der Waals surface area contributed by atoms with E-state index in [2.05, 4.69) is 16.0 Å². The molecule has 5 heterocycles. The Labute approximate surface area is 277 Å². The van der Waals surface area contributed by atoms with Crippen LogP contribution in [-0.2, 0) is 0 Å². The molecule has 2 atom stereocenters. The zero-order valence-electron chi connectivity index (χ0n) is 25.4. The van der Waals surface area contributed by atoms with E-state index >= 15 is 8.78 Å². The molecule has 0 bridgehead atoms. The maximum atomic E-state index is 17.1. The number of nitrogens with two attached hydrogens (primary N) is 1. The molecule has 1 aliphatic carbocycles. The van der Waals surface area contributed by atoms with E-state index in [-0.39, 0.29) is 72.0 Å². The van der Waals surface area contributed by atoms with Crippen molar-refractivity contribution in [3.8, 4) is 35.0 Å². The molecule has 1 spiro atoms. The Morgan fingerprint density at radius 2 is 2.02 bits per heavy atom. The molecular weight excluding hydrogens is 651 g/mol. The number of fused-ring (bicyclic) bond motifs is 2. The first-order chi connectivity index (χ1) is 22.6. The van der Waals surface area contributed by atoms with Gasteiger partial charge in [-0.2, -0.15) is 20.5 Å². The van der Waals surface area contributed by atoms with Gasteiger partial charge in [-0.25, -0.2) is 13.2 Å². The number of alkyl halides is 1. The van der Waals surface area contributed by atoms with Gasteiger partial charge < -0.3 is 20.1 Å². The summed E-state index contributed by atoms with van der Waals surface area (Å²) < 4.78 is 59.6. The van der Waals surface area contributed by atoms with Crippen molar-refractivity contribution in [3.63, 3.8) is 0 Å². The lowest BCUT2D eigenvalue weighted by molar-refractivity contribution is -0.0383. The lowest BCUT2D eigenvalue weighted by atomic mass is 9.69. The Hall–Kier alpha value is -4.04.